The van der Waals surface area contributed by atoms with Crippen molar-refractivity contribution in [2.75, 3.05) is 4.72 Å². The van der Waals surface area contributed by atoms with Gasteiger partial charge in [0.1, 0.15) is 0 Å². The lowest BCUT2D eigenvalue weighted by molar-refractivity contribution is 0.600. The number of rotatable bonds is 4. The quantitative estimate of drug-likeness (QED) is 0.930. The van der Waals surface area contributed by atoms with Gasteiger partial charge in [0.2, 0.25) is 10.0 Å². The van der Waals surface area contributed by atoms with Gasteiger partial charge in [0.15, 0.2) is 0 Å². The van der Waals surface area contributed by atoms with Crippen LogP contribution in [-0.4, -0.2) is 18.2 Å². The van der Waals surface area contributed by atoms with E-state index in [9.17, 15) is 8.42 Å². The molecule has 0 spiro atoms. The lowest BCUT2D eigenvalue weighted by Crippen LogP contribution is -2.16. The Morgan fingerprint density at radius 2 is 1.84 bits per heavy atom. The van der Waals surface area contributed by atoms with Gasteiger partial charge in [-0.05, 0) is 19.4 Å². The van der Waals surface area contributed by atoms with Gasteiger partial charge in [-0.2, -0.15) is 5.10 Å². The summed E-state index contributed by atoms with van der Waals surface area (Å²) in [6.45, 7) is 3.62. The number of benzene rings is 1. The smallest absolute Gasteiger partial charge is 0.237 e. The normalized spacial score (nSPS) is 11.5. The first-order chi connectivity index (χ1) is 8.89. The minimum atomic E-state index is -3.42. The van der Waals surface area contributed by atoms with Crippen LogP contribution in [0, 0.1) is 13.8 Å². The molecule has 0 amide bonds. The molecule has 0 radical (unpaired) electrons. The molecule has 0 saturated heterocycles. The molecule has 1 heterocycles. The van der Waals surface area contributed by atoms with Gasteiger partial charge >= 0.3 is 0 Å². The van der Waals surface area contributed by atoms with E-state index < -0.39 is 10.0 Å². The van der Waals surface area contributed by atoms with Crippen molar-refractivity contribution in [3.63, 3.8) is 0 Å². The Hall–Kier alpha value is -1.82. The summed E-state index contributed by atoms with van der Waals surface area (Å²) < 4.78 is 28.5. The van der Waals surface area contributed by atoms with Crippen molar-refractivity contribution in [1.29, 1.82) is 0 Å². The molecule has 0 atom stereocenters. The predicted molar refractivity (Wildman–Crippen MR) is 75.4 cm³/mol. The number of aromatic nitrogens is 2. The molecule has 0 unspecified atom stereocenters. The van der Waals surface area contributed by atoms with E-state index in [4.69, 9.17) is 0 Å². The van der Waals surface area contributed by atoms with Crippen molar-refractivity contribution < 1.29 is 8.42 Å². The Kier molecular flexibility index (Phi) is 3.61. The van der Waals surface area contributed by atoms with Gasteiger partial charge in [-0.3, -0.25) is 9.40 Å². The molecular weight excluding hydrogens is 262 g/mol. The van der Waals surface area contributed by atoms with Gasteiger partial charge in [-0.1, -0.05) is 30.3 Å². The van der Waals surface area contributed by atoms with Crippen LogP contribution in [-0.2, 0) is 22.8 Å². The Labute approximate surface area is 113 Å². The Morgan fingerprint density at radius 3 is 2.37 bits per heavy atom. The van der Waals surface area contributed by atoms with E-state index in [2.05, 4.69) is 9.82 Å². The van der Waals surface area contributed by atoms with Gasteiger partial charge < -0.3 is 0 Å². The summed E-state index contributed by atoms with van der Waals surface area (Å²) in [5.41, 5.74) is 2.80. The van der Waals surface area contributed by atoms with Gasteiger partial charge in [0.05, 0.1) is 22.8 Å². The maximum absolute atomic E-state index is 12.1. The number of anilines is 1. The van der Waals surface area contributed by atoms with Crippen LogP contribution in [0.25, 0.3) is 0 Å². The van der Waals surface area contributed by atoms with E-state index in [1.807, 2.05) is 25.1 Å². The SMILES string of the molecule is Cc1nn(C)c(C)c1NS(=O)(=O)Cc1ccccc1. The molecular formula is C13H17N3O2S. The highest BCUT2D eigenvalue weighted by Gasteiger charge is 2.17. The van der Waals surface area contributed by atoms with Crippen LogP contribution in [0.2, 0.25) is 0 Å². The first kappa shape index (κ1) is 13.6. The third kappa shape index (κ3) is 3.14. The van der Waals surface area contributed by atoms with Crippen molar-refractivity contribution in [2.24, 2.45) is 7.05 Å². The number of sulfonamides is 1. The highest BCUT2D eigenvalue weighted by Crippen LogP contribution is 2.20. The molecule has 0 aliphatic carbocycles. The third-order valence-electron chi connectivity index (χ3n) is 2.97. The van der Waals surface area contributed by atoms with Crippen LogP contribution < -0.4 is 4.72 Å². The Morgan fingerprint density at radius 1 is 1.21 bits per heavy atom. The zero-order valence-electron chi connectivity index (χ0n) is 11.2. The molecule has 0 fully saturated rings. The topological polar surface area (TPSA) is 64.0 Å². The van der Waals surface area contributed by atoms with Crippen LogP contribution in [0.4, 0.5) is 5.69 Å². The summed E-state index contributed by atoms with van der Waals surface area (Å²) in [6, 6.07) is 9.10. The molecule has 0 aliphatic rings. The minimum absolute atomic E-state index is 0.0401. The zero-order chi connectivity index (χ0) is 14.0. The number of hydrogen-bond acceptors (Lipinski definition) is 3. The van der Waals surface area contributed by atoms with Crippen molar-refractivity contribution in [2.45, 2.75) is 19.6 Å². The molecule has 5 nitrogen and oxygen atoms in total. The van der Waals surface area contributed by atoms with Crippen LogP contribution in [0.1, 0.15) is 17.0 Å². The monoisotopic (exact) mass is 279 g/mol. The second-order valence-electron chi connectivity index (χ2n) is 4.52. The first-order valence-corrected chi connectivity index (χ1v) is 7.59. The van der Waals surface area contributed by atoms with E-state index in [-0.39, 0.29) is 5.75 Å². The van der Waals surface area contributed by atoms with Crippen LogP contribution in [0.3, 0.4) is 0 Å². The first-order valence-electron chi connectivity index (χ1n) is 5.93. The number of nitrogens with one attached hydrogen (secondary N) is 1. The lowest BCUT2D eigenvalue weighted by atomic mass is 10.2. The summed E-state index contributed by atoms with van der Waals surface area (Å²) in [4.78, 5) is 0. The van der Waals surface area contributed by atoms with Gasteiger partial charge in [-0.15, -0.1) is 0 Å². The van der Waals surface area contributed by atoms with Crippen molar-refractivity contribution >= 4 is 15.7 Å². The Bertz CT molecular complexity index is 675. The molecule has 1 N–H and O–H groups in total. The van der Waals surface area contributed by atoms with E-state index in [1.54, 1.807) is 30.8 Å². The number of aryl methyl sites for hydroxylation is 2. The van der Waals surface area contributed by atoms with Crippen molar-refractivity contribution in [3.8, 4) is 0 Å². The molecule has 2 rings (SSSR count). The van der Waals surface area contributed by atoms with E-state index in [0.29, 0.717) is 11.4 Å². The van der Waals surface area contributed by atoms with Gasteiger partial charge in [0, 0.05) is 7.05 Å². The van der Waals surface area contributed by atoms with Crippen LogP contribution >= 0.6 is 0 Å². The van der Waals surface area contributed by atoms with Crippen molar-refractivity contribution in [3.05, 3.63) is 47.3 Å². The van der Waals surface area contributed by atoms with E-state index in [1.165, 1.54) is 0 Å². The maximum Gasteiger partial charge on any atom is 0.237 e. The standard InChI is InChI=1S/C13H17N3O2S/c1-10-13(11(2)16(3)14-10)15-19(17,18)9-12-7-5-4-6-8-12/h4-8,15H,9H2,1-3H3. The van der Waals surface area contributed by atoms with Crippen LogP contribution in [0.15, 0.2) is 30.3 Å². The van der Waals surface area contributed by atoms with Crippen LogP contribution in [0.5, 0.6) is 0 Å². The molecule has 19 heavy (non-hydrogen) atoms. The van der Waals surface area contributed by atoms with Crippen molar-refractivity contribution in [1.82, 2.24) is 9.78 Å². The maximum atomic E-state index is 12.1. The summed E-state index contributed by atoms with van der Waals surface area (Å²) in [6.07, 6.45) is 0. The molecule has 102 valence electrons. The minimum Gasteiger partial charge on any atom is -0.280 e. The largest absolute Gasteiger partial charge is 0.280 e. The van der Waals surface area contributed by atoms with E-state index in [0.717, 1.165) is 11.3 Å². The molecule has 0 aliphatic heterocycles. The highest BCUT2D eigenvalue weighted by atomic mass is 32.2. The fourth-order valence-electron chi connectivity index (χ4n) is 1.91. The summed E-state index contributed by atoms with van der Waals surface area (Å²) >= 11 is 0. The third-order valence-corrected chi connectivity index (χ3v) is 4.19. The van der Waals surface area contributed by atoms with Gasteiger partial charge in [-0.25, -0.2) is 8.42 Å². The fourth-order valence-corrected chi connectivity index (χ4v) is 3.22. The second-order valence-corrected chi connectivity index (χ2v) is 6.24. The molecule has 1 aromatic carbocycles. The molecule has 0 bridgehead atoms. The summed E-state index contributed by atoms with van der Waals surface area (Å²) in [5, 5.41) is 4.19. The number of nitrogens with zero attached hydrogens (tertiary/aromatic N) is 2. The van der Waals surface area contributed by atoms with E-state index >= 15 is 0 Å². The highest BCUT2D eigenvalue weighted by molar-refractivity contribution is 7.91. The summed E-state index contributed by atoms with van der Waals surface area (Å²) in [7, 11) is -1.63. The number of hydrogen-bond donors (Lipinski definition) is 1. The van der Waals surface area contributed by atoms with Gasteiger partial charge in [0.25, 0.3) is 0 Å². The molecule has 1 aromatic heterocycles. The average Bonchev–Trinajstić information content (AvgIpc) is 2.56. The fraction of sp³-hybridized carbons (Fsp3) is 0.308. The predicted octanol–water partition coefficient (Wildman–Crippen LogP) is 1.98. The summed E-state index contributed by atoms with van der Waals surface area (Å²) in [5.74, 6) is -0.0401. The Balaban J connectivity index is 2.22. The molecule has 6 heteroatoms. The molecule has 0 saturated carbocycles. The molecule has 2 aromatic rings. The zero-order valence-corrected chi connectivity index (χ0v) is 12.0. The lowest BCUT2D eigenvalue weighted by Gasteiger charge is -2.08. The average molecular weight is 279 g/mol. The second kappa shape index (κ2) is 5.05.